The third-order valence-electron chi connectivity index (χ3n) is 3.08. The number of allylic oxidation sites excluding steroid dienone is 2. The average molecular weight is 358 g/mol. The van der Waals surface area contributed by atoms with Crippen LogP contribution in [0, 0.1) is 6.92 Å². The Morgan fingerprint density at radius 3 is 2.86 bits per heavy atom. The molecule has 22 heavy (non-hydrogen) atoms. The van der Waals surface area contributed by atoms with E-state index in [2.05, 4.69) is 20.9 Å². The predicted octanol–water partition coefficient (Wildman–Crippen LogP) is 4.25. The smallest absolute Gasteiger partial charge is 0.363 e. The van der Waals surface area contributed by atoms with Crippen LogP contribution in [0.3, 0.4) is 0 Å². The lowest BCUT2D eigenvalue weighted by Crippen LogP contribution is -2.05. The summed E-state index contributed by atoms with van der Waals surface area (Å²) in [4.78, 5) is 16.1. The van der Waals surface area contributed by atoms with E-state index in [0.717, 1.165) is 15.6 Å². The molecule has 0 amide bonds. The van der Waals surface area contributed by atoms with Gasteiger partial charge in [0.25, 0.3) is 0 Å². The summed E-state index contributed by atoms with van der Waals surface area (Å²) in [5.41, 5.74) is 2.08. The van der Waals surface area contributed by atoms with Crippen molar-refractivity contribution in [1.29, 1.82) is 0 Å². The summed E-state index contributed by atoms with van der Waals surface area (Å²) in [7, 11) is 0. The van der Waals surface area contributed by atoms with Gasteiger partial charge in [-0.2, -0.15) is 0 Å². The van der Waals surface area contributed by atoms with Crippen LogP contribution in [0.5, 0.6) is 0 Å². The zero-order chi connectivity index (χ0) is 15.5. The minimum atomic E-state index is -0.459. The summed E-state index contributed by atoms with van der Waals surface area (Å²) >= 11 is 3.44. The number of halogens is 1. The van der Waals surface area contributed by atoms with E-state index in [9.17, 15) is 4.79 Å². The third-order valence-corrected chi connectivity index (χ3v) is 3.97. The lowest BCUT2D eigenvalue weighted by molar-refractivity contribution is -0.130. The number of esters is 1. The normalized spacial score (nSPS) is 16.4. The monoisotopic (exact) mass is 357 g/mol. The van der Waals surface area contributed by atoms with Crippen molar-refractivity contribution in [2.24, 2.45) is 4.99 Å². The molecular weight excluding hydrogens is 346 g/mol. The molecule has 1 aliphatic rings. The topological polar surface area (TPSA) is 51.8 Å². The van der Waals surface area contributed by atoms with Gasteiger partial charge in [-0.3, -0.25) is 0 Å². The molecule has 1 aromatic heterocycles. The molecule has 5 heteroatoms. The van der Waals surface area contributed by atoms with Crippen molar-refractivity contribution in [1.82, 2.24) is 0 Å². The number of furan rings is 1. The standard InChI is InChI=1S/C17H12BrNO3/c1-11-10-12(7-8-14(11)18)16-19-15(17(20)22-16)6-2-4-13-5-3-9-21-13/h2-10H,1H3/b4-2+,15-6-. The van der Waals surface area contributed by atoms with Gasteiger partial charge in [-0.15, -0.1) is 0 Å². The Morgan fingerprint density at radius 1 is 1.27 bits per heavy atom. The highest BCUT2D eigenvalue weighted by Gasteiger charge is 2.23. The Bertz CT molecular complexity index is 801. The maximum absolute atomic E-state index is 11.8. The van der Waals surface area contributed by atoms with Crippen LogP contribution in [0.2, 0.25) is 0 Å². The molecule has 1 aliphatic heterocycles. The number of carbonyl (C=O) groups is 1. The van der Waals surface area contributed by atoms with Crippen molar-refractivity contribution >= 4 is 33.9 Å². The molecular formula is C17H12BrNO3. The molecule has 0 fully saturated rings. The molecule has 0 unspecified atom stereocenters. The van der Waals surface area contributed by atoms with E-state index in [1.807, 2.05) is 31.2 Å². The van der Waals surface area contributed by atoms with Gasteiger partial charge < -0.3 is 9.15 Å². The number of aryl methyl sites for hydroxylation is 1. The van der Waals surface area contributed by atoms with Crippen LogP contribution < -0.4 is 0 Å². The Kier molecular flexibility index (Phi) is 4.06. The number of cyclic esters (lactones) is 1. The molecule has 110 valence electrons. The van der Waals surface area contributed by atoms with Crippen molar-refractivity contribution in [3.63, 3.8) is 0 Å². The Hall–Kier alpha value is -2.40. The van der Waals surface area contributed by atoms with Crippen molar-refractivity contribution in [2.75, 3.05) is 0 Å². The fraction of sp³-hybridized carbons (Fsp3) is 0.0588. The Labute approximate surface area is 135 Å². The van der Waals surface area contributed by atoms with Crippen LogP contribution in [0.4, 0.5) is 0 Å². The number of carbonyl (C=O) groups excluding carboxylic acids is 1. The molecule has 0 bridgehead atoms. The number of hydrogen-bond donors (Lipinski definition) is 0. The summed E-state index contributed by atoms with van der Waals surface area (Å²) in [6.45, 7) is 1.97. The van der Waals surface area contributed by atoms with Gasteiger partial charge in [0.2, 0.25) is 5.90 Å². The third kappa shape index (κ3) is 3.09. The van der Waals surface area contributed by atoms with Crippen LogP contribution >= 0.6 is 15.9 Å². The van der Waals surface area contributed by atoms with Crippen molar-refractivity contribution in [2.45, 2.75) is 6.92 Å². The fourth-order valence-electron chi connectivity index (χ4n) is 1.94. The first-order valence-electron chi connectivity index (χ1n) is 6.63. The van der Waals surface area contributed by atoms with Crippen molar-refractivity contribution < 1.29 is 13.9 Å². The Balaban J connectivity index is 1.83. The first-order valence-corrected chi connectivity index (χ1v) is 7.42. The fourth-order valence-corrected chi connectivity index (χ4v) is 2.19. The summed E-state index contributed by atoms with van der Waals surface area (Å²) in [6, 6.07) is 9.28. The van der Waals surface area contributed by atoms with Gasteiger partial charge >= 0.3 is 5.97 Å². The zero-order valence-electron chi connectivity index (χ0n) is 11.7. The molecule has 2 aromatic rings. The second-order valence-electron chi connectivity index (χ2n) is 4.70. The van der Waals surface area contributed by atoms with Gasteiger partial charge in [-0.1, -0.05) is 22.0 Å². The van der Waals surface area contributed by atoms with E-state index < -0.39 is 5.97 Å². The molecule has 2 heterocycles. The Morgan fingerprint density at radius 2 is 2.14 bits per heavy atom. The van der Waals surface area contributed by atoms with Crippen LogP contribution in [0.1, 0.15) is 16.9 Å². The molecule has 1 aromatic carbocycles. The van der Waals surface area contributed by atoms with Crippen molar-refractivity contribution in [3.05, 3.63) is 75.8 Å². The largest absolute Gasteiger partial charge is 0.465 e. The number of ether oxygens (including phenoxy) is 1. The highest BCUT2D eigenvalue weighted by molar-refractivity contribution is 9.10. The van der Waals surface area contributed by atoms with Gasteiger partial charge in [-0.05, 0) is 55.0 Å². The maximum Gasteiger partial charge on any atom is 0.363 e. The minimum absolute atomic E-state index is 0.262. The number of rotatable bonds is 3. The molecule has 0 N–H and O–H groups in total. The van der Waals surface area contributed by atoms with Gasteiger partial charge in [-0.25, -0.2) is 9.79 Å². The SMILES string of the molecule is Cc1cc(C2=N/C(=C\C=C\c3ccco3)C(=O)O2)ccc1Br. The number of benzene rings is 1. The lowest BCUT2D eigenvalue weighted by atomic mass is 10.1. The number of aliphatic imine (C=N–C) groups is 1. The quantitative estimate of drug-likeness (QED) is 0.609. The maximum atomic E-state index is 11.8. The van der Waals surface area contributed by atoms with E-state index in [-0.39, 0.29) is 5.70 Å². The molecule has 3 rings (SSSR count). The molecule has 0 saturated heterocycles. The van der Waals surface area contributed by atoms with E-state index >= 15 is 0 Å². The van der Waals surface area contributed by atoms with Crippen molar-refractivity contribution in [3.8, 4) is 0 Å². The number of hydrogen-bond acceptors (Lipinski definition) is 4. The summed E-state index contributed by atoms with van der Waals surface area (Å²) < 4.78 is 11.4. The van der Waals surface area contributed by atoms with E-state index in [0.29, 0.717) is 11.7 Å². The second kappa shape index (κ2) is 6.15. The van der Waals surface area contributed by atoms with Crippen LogP contribution in [0.25, 0.3) is 6.08 Å². The van der Waals surface area contributed by atoms with Crippen LogP contribution in [0.15, 0.2) is 68.3 Å². The van der Waals surface area contributed by atoms with Gasteiger partial charge in [0.05, 0.1) is 6.26 Å². The first-order chi connectivity index (χ1) is 10.6. The van der Waals surface area contributed by atoms with Gasteiger partial charge in [0, 0.05) is 10.0 Å². The predicted molar refractivity (Wildman–Crippen MR) is 87.3 cm³/mol. The molecule has 0 aliphatic carbocycles. The van der Waals surface area contributed by atoms with E-state index in [4.69, 9.17) is 9.15 Å². The highest BCUT2D eigenvalue weighted by Crippen LogP contribution is 2.21. The molecule has 0 atom stereocenters. The zero-order valence-corrected chi connectivity index (χ0v) is 13.3. The molecule has 0 radical (unpaired) electrons. The number of nitrogens with zero attached hydrogens (tertiary/aromatic N) is 1. The second-order valence-corrected chi connectivity index (χ2v) is 5.55. The van der Waals surface area contributed by atoms with E-state index in [1.165, 1.54) is 0 Å². The molecule has 0 spiro atoms. The lowest BCUT2D eigenvalue weighted by Gasteiger charge is -2.02. The van der Waals surface area contributed by atoms with Gasteiger partial charge in [0.1, 0.15) is 5.76 Å². The van der Waals surface area contributed by atoms with E-state index in [1.54, 1.807) is 30.6 Å². The summed E-state index contributed by atoms with van der Waals surface area (Å²) in [5, 5.41) is 0. The first kappa shape index (κ1) is 14.5. The molecule has 4 nitrogen and oxygen atoms in total. The summed E-state index contributed by atoms with van der Waals surface area (Å²) in [6.07, 6.45) is 6.64. The average Bonchev–Trinajstić information content (AvgIpc) is 3.13. The molecule has 0 saturated carbocycles. The van der Waals surface area contributed by atoms with Crippen LogP contribution in [-0.4, -0.2) is 11.9 Å². The van der Waals surface area contributed by atoms with Gasteiger partial charge in [0.15, 0.2) is 5.70 Å². The summed E-state index contributed by atoms with van der Waals surface area (Å²) in [5.74, 6) is 0.564. The van der Waals surface area contributed by atoms with Crippen LogP contribution in [-0.2, 0) is 9.53 Å². The highest BCUT2D eigenvalue weighted by atomic mass is 79.9. The minimum Gasteiger partial charge on any atom is -0.465 e.